The Kier molecular flexibility index (Phi) is 6.57. The molecule has 6 heteroatoms. The molecule has 30 heavy (non-hydrogen) atoms. The fraction of sp³-hybridized carbons (Fsp3) is 0.333. The molecule has 2 aromatic rings. The number of allylic oxidation sites excluding steroid dienone is 4. The van der Waals surface area contributed by atoms with Gasteiger partial charge in [-0.2, -0.15) is 4.68 Å². The maximum Gasteiger partial charge on any atom is 0.436 e. The molecule has 1 unspecified atom stereocenters. The van der Waals surface area contributed by atoms with Gasteiger partial charge in [-0.25, -0.2) is 4.79 Å². The van der Waals surface area contributed by atoms with Gasteiger partial charge in [0, 0.05) is 18.4 Å². The fourth-order valence-electron chi connectivity index (χ4n) is 3.65. The van der Waals surface area contributed by atoms with Crippen molar-refractivity contribution in [3.63, 3.8) is 0 Å². The molecule has 1 atom stereocenters. The lowest BCUT2D eigenvalue weighted by atomic mass is 9.83. The van der Waals surface area contributed by atoms with E-state index in [0.717, 1.165) is 47.3 Å². The minimum atomic E-state index is -1.31. The summed E-state index contributed by atoms with van der Waals surface area (Å²) in [5.41, 5.74) is 10.4. The molecule has 0 bridgehead atoms. The van der Waals surface area contributed by atoms with E-state index >= 15 is 0 Å². The number of rotatable bonds is 7. The number of nitrogens with zero attached hydrogens (tertiary/aromatic N) is 2. The first-order chi connectivity index (χ1) is 14.4. The first kappa shape index (κ1) is 21.6. The zero-order valence-corrected chi connectivity index (χ0v) is 17.9. The van der Waals surface area contributed by atoms with Crippen LogP contribution in [0, 0.1) is 0 Å². The van der Waals surface area contributed by atoms with Gasteiger partial charge >= 0.3 is 5.76 Å². The van der Waals surface area contributed by atoms with E-state index in [-0.39, 0.29) is 5.89 Å². The van der Waals surface area contributed by atoms with Gasteiger partial charge in [-0.1, -0.05) is 62.9 Å². The summed E-state index contributed by atoms with van der Waals surface area (Å²) in [6, 6.07) is 8.17. The van der Waals surface area contributed by atoms with Crippen molar-refractivity contribution in [3.05, 3.63) is 94.0 Å². The van der Waals surface area contributed by atoms with E-state index in [0.29, 0.717) is 5.57 Å². The van der Waals surface area contributed by atoms with Crippen LogP contribution in [0.4, 0.5) is 5.69 Å². The van der Waals surface area contributed by atoms with E-state index in [1.807, 2.05) is 42.5 Å². The average molecular weight is 407 g/mol. The van der Waals surface area contributed by atoms with Crippen molar-refractivity contribution in [2.45, 2.75) is 45.1 Å². The Morgan fingerprint density at radius 2 is 2.10 bits per heavy atom. The van der Waals surface area contributed by atoms with Crippen LogP contribution in [0.5, 0.6) is 0 Å². The van der Waals surface area contributed by atoms with Crippen LogP contribution < -0.4 is 16.8 Å². The van der Waals surface area contributed by atoms with E-state index in [1.54, 1.807) is 7.05 Å². The van der Waals surface area contributed by atoms with Crippen molar-refractivity contribution in [1.82, 2.24) is 9.78 Å². The first-order valence-electron chi connectivity index (χ1n) is 10.3. The topological polar surface area (TPSA) is 86.1 Å². The number of aromatic nitrogens is 2. The first-order valence-corrected chi connectivity index (χ1v) is 10.3. The Morgan fingerprint density at radius 1 is 1.33 bits per heavy atom. The van der Waals surface area contributed by atoms with Crippen LogP contribution in [0.25, 0.3) is 0 Å². The number of nitrogens with one attached hydrogen (secondary N) is 1. The highest BCUT2D eigenvalue weighted by molar-refractivity contribution is 5.62. The maximum atomic E-state index is 12.1. The van der Waals surface area contributed by atoms with Gasteiger partial charge in [0.15, 0.2) is 5.54 Å². The van der Waals surface area contributed by atoms with Gasteiger partial charge < -0.3 is 15.5 Å². The van der Waals surface area contributed by atoms with Gasteiger partial charge in [-0.15, -0.1) is 5.10 Å². The van der Waals surface area contributed by atoms with Gasteiger partial charge in [0.05, 0.1) is 0 Å². The fourth-order valence-corrected chi connectivity index (χ4v) is 3.65. The van der Waals surface area contributed by atoms with E-state index in [9.17, 15) is 4.79 Å². The van der Waals surface area contributed by atoms with Crippen LogP contribution in [0.3, 0.4) is 0 Å². The van der Waals surface area contributed by atoms with Crippen LogP contribution in [0.15, 0.2) is 81.2 Å². The molecule has 3 rings (SSSR count). The number of hydrogen-bond donors (Lipinski definition) is 2. The van der Waals surface area contributed by atoms with Gasteiger partial charge in [-0.3, -0.25) is 0 Å². The molecule has 0 saturated heterocycles. The molecule has 0 spiro atoms. The number of aryl methyl sites for hydroxylation is 2. The number of para-hydroxylation sites is 1. The van der Waals surface area contributed by atoms with Gasteiger partial charge in [0.2, 0.25) is 5.89 Å². The third-order valence-electron chi connectivity index (χ3n) is 5.46. The van der Waals surface area contributed by atoms with Crippen molar-refractivity contribution in [2.75, 3.05) is 5.32 Å². The van der Waals surface area contributed by atoms with Crippen LogP contribution in [-0.4, -0.2) is 9.78 Å². The Hall–Kier alpha value is -3.12. The van der Waals surface area contributed by atoms with Crippen molar-refractivity contribution in [2.24, 2.45) is 12.8 Å². The number of nitrogens with two attached hydrogens (primary N) is 1. The molecule has 1 aromatic heterocycles. The number of fused-ring (bicyclic) bond motifs is 1. The van der Waals surface area contributed by atoms with E-state index in [2.05, 4.69) is 36.9 Å². The molecule has 2 heterocycles. The third-order valence-corrected chi connectivity index (χ3v) is 5.46. The summed E-state index contributed by atoms with van der Waals surface area (Å²) >= 11 is 0. The molecule has 1 aliphatic rings. The lowest BCUT2D eigenvalue weighted by molar-refractivity contribution is 0.392. The quantitative estimate of drug-likeness (QED) is 0.669. The molecule has 1 aliphatic heterocycles. The number of anilines is 1. The molecular formula is C24H30N4O2. The van der Waals surface area contributed by atoms with Crippen LogP contribution in [0.1, 0.15) is 44.6 Å². The standard InChI is InChI=1S/C24H30N4O2/c1-5-7-8-9-12-17(3)24(25,22-27-28(4)23(29)30-22)21-18(6-2)15-16-19-13-10-11-14-20(19)26-21/h7-14,26H,3,5-6,15-16,25H2,1-2,4H3/b8-7-,12-9-. The second-order valence-electron chi connectivity index (χ2n) is 7.44. The highest BCUT2D eigenvalue weighted by Crippen LogP contribution is 2.39. The summed E-state index contributed by atoms with van der Waals surface area (Å²) in [6.07, 6.45) is 11.2. The van der Waals surface area contributed by atoms with Gasteiger partial charge in [0.25, 0.3) is 0 Å². The smallest absolute Gasteiger partial charge is 0.389 e. The van der Waals surface area contributed by atoms with Crippen LogP contribution in [0.2, 0.25) is 0 Å². The Bertz CT molecular complexity index is 1070. The third kappa shape index (κ3) is 4.09. The molecule has 0 fully saturated rings. The molecule has 158 valence electrons. The van der Waals surface area contributed by atoms with Crippen molar-refractivity contribution >= 4 is 5.69 Å². The van der Waals surface area contributed by atoms with E-state index in [1.165, 1.54) is 5.56 Å². The van der Waals surface area contributed by atoms with E-state index in [4.69, 9.17) is 10.2 Å². The second-order valence-corrected chi connectivity index (χ2v) is 7.44. The highest BCUT2D eigenvalue weighted by Gasteiger charge is 2.42. The summed E-state index contributed by atoms with van der Waals surface area (Å²) in [5, 5.41) is 7.85. The molecule has 0 radical (unpaired) electrons. The van der Waals surface area contributed by atoms with Gasteiger partial charge in [-0.05, 0) is 48.5 Å². The van der Waals surface area contributed by atoms with Crippen LogP contribution >= 0.6 is 0 Å². The SMILES string of the molecule is C=C(/C=C\C=C/CC)C(N)(C1=C(CC)CCc2ccccc2N1)c1nn(C)c(=O)o1. The maximum absolute atomic E-state index is 12.1. The lowest BCUT2D eigenvalue weighted by Gasteiger charge is -2.32. The zero-order valence-electron chi connectivity index (χ0n) is 17.9. The van der Waals surface area contributed by atoms with Crippen molar-refractivity contribution in [1.29, 1.82) is 0 Å². The molecular weight excluding hydrogens is 376 g/mol. The highest BCUT2D eigenvalue weighted by atomic mass is 16.4. The van der Waals surface area contributed by atoms with Crippen molar-refractivity contribution in [3.8, 4) is 0 Å². The average Bonchev–Trinajstić information content (AvgIpc) is 2.98. The number of hydrogen-bond acceptors (Lipinski definition) is 5. The largest absolute Gasteiger partial charge is 0.436 e. The van der Waals surface area contributed by atoms with Crippen LogP contribution in [-0.2, 0) is 19.0 Å². The molecule has 0 saturated carbocycles. The molecule has 0 amide bonds. The van der Waals surface area contributed by atoms with Crippen molar-refractivity contribution < 1.29 is 4.42 Å². The summed E-state index contributed by atoms with van der Waals surface area (Å²) in [5.74, 6) is -0.438. The molecule has 3 N–H and O–H groups in total. The molecule has 6 nitrogen and oxygen atoms in total. The molecule has 0 aliphatic carbocycles. The Labute approximate surface area is 177 Å². The van der Waals surface area contributed by atoms with Gasteiger partial charge in [0.1, 0.15) is 0 Å². The van der Waals surface area contributed by atoms with E-state index < -0.39 is 11.3 Å². The predicted octanol–water partition coefficient (Wildman–Crippen LogP) is 4.33. The predicted molar refractivity (Wildman–Crippen MR) is 121 cm³/mol. The number of benzene rings is 1. The lowest BCUT2D eigenvalue weighted by Crippen LogP contribution is -2.44. The zero-order chi connectivity index (χ0) is 21.7. The Balaban J connectivity index is 2.18. The normalized spacial score (nSPS) is 16.4. The molecule has 1 aromatic carbocycles. The summed E-state index contributed by atoms with van der Waals surface area (Å²) in [6.45, 7) is 8.41. The Morgan fingerprint density at radius 3 is 2.77 bits per heavy atom. The monoisotopic (exact) mass is 406 g/mol. The summed E-state index contributed by atoms with van der Waals surface area (Å²) in [7, 11) is 1.54. The summed E-state index contributed by atoms with van der Waals surface area (Å²) in [4.78, 5) is 12.1. The minimum Gasteiger partial charge on any atom is -0.389 e. The minimum absolute atomic E-state index is 0.122. The summed E-state index contributed by atoms with van der Waals surface area (Å²) < 4.78 is 6.64. The second kappa shape index (κ2) is 9.13.